The lowest BCUT2D eigenvalue weighted by atomic mass is 10.0. The molecule has 0 aliphatic carbocycles. The number of ether oxygens (including phenoxy) is 2. The zero-order valence-corrected chi connectivity index (χ0v) is 22.2. The van der Waals surface area contributed by atoms with Crippen LogP contribution in [-0.4, -0.2) is 29.7 Å². The molecule has 0 spiro atoms. The summed E-state index contributed by atoms with van der Waals surface area (Å²) in [5.74, 6) is 0.958. The van der Waals surface area contributed by atoms with Gasteiger partial charge in [0.15, 0.2) is 16.9 Å². The summed E-state index contributed by atoms with van der Waals surface area (Å²) in [4.78, 5) is 30.5. The van der Waals surface area contributed by atoms with Crippen LogP contribution < -0.4 is 20.2 Å². The fourth-order valence-corrected chi connectivity index (χ4v) is 7.25. The van der Waals surface area contributed by atoms with Crippen molar-refractivity contribution in [1.29, 1.82) is 0 Å². The third-order valence-corrected chi connectivity index (χ3v) is 9.18. The number of nitrogens with zero attached hydrogens (tertiary/aromatic N) is 1. The Bertz CT molecular complexity index is 1560. The Labute approximate surface area is 223 Å². The van der Waals surface area contributed by atoms with Crippen molar-refractivity contribution >= 4 is 29.0 Å². The molecule has 2 aliphatic heterocycles. The van der Waals surface area contributed by atoms with Crippen LogP contribution in [-0.2, 0) is 6.42 Å². The van der Waals surface area contributed by atoms with Gasteiger partial charge in [-0.3, -0.25) is 9.59 Å². The van der Waals surface area contributed by atoms with Gasteiger partial charge in [-0.25, -0.2) is 0 Å². The molecule has 2 aromatic heterocycles. The van der Waals surface area contributed by atoms with Gasteiger partial charge in [0.05, 0.1) is 12.2 Å². The number of thiophene rings is 1. The van der Waals surface area contributed by atoms with Crippen LogP contribution in [0.2, 0.25) is 0 Å². The van der Waals surface area contributed by atoms with Crippen LogP contribution >= 0.6 is 23.1 Å². The Hall–Kier alpha value is -3.49. The Morgan fingerprint density at radius 2 is 1.84 bits per heavy atom. The normalized spacial score (nSPS) is 17.9. The number of pyridine rings is 1. The number of fused-ring (bicyclic) bond motifs is 4. The van der Waals surface area contributed by atoms with Crippen molar-refractivity contribution in [2.24, 2.45) is 0 Å². The van der Waals surface area contributed by atoms with E-state index >= 15 is 0 Å². The molecule has 1 N–H and O–H groups in total. The average molecular weight is 531 g/mol. The second kappa shape index (κ2) is 9.76. The monoisotopic (exact) mass is 530 g/mol. The van der Waals surface area contributed by atoms with Crippen molar-refractivity contribution < 1.29 is 14.3 Å². The lowest BCUT2D eigenvalue weighted by Crippen LogP contribution is -2.42. The van der Waals surface area contributed by atoms with Crippen LogP contribution in [0.25, 0.3) is 5.69 Å². The number of carbonyl (C=O) groups excluding carboxylic acids is 1. The number of aryl methyl sites for hydroxylation is 2. The Kier molecular flexibility index (Phi) is 6.30. The molecule has 0 fully saturated rings. The summed E-state index contributed by atoms with van der Waals surface area (Å²) >= 11 is 3.54. The summed E-state index contributed by atoms with van der Waals surface area (Å²) in [6.07, 6.45) is 0.221. The zero-order valence-electron chi connectivity index (χ0n) is 20.5. The van der Waals surface area contributed by atoms with Gasteiger partial charge < -0.3 is 19.4 Å². The van der Waals surface area contributed by atoms with E-state index in [0.717, 1.165) is 22.0 Å². The molecule has 6 rings (SSSR count). The van der Waals surface area contributed by atoms with Crippen LogP contribution in [0, 0.1) is 13.8 Å². The van der Waals surface area contributed by atoms with Gasteiger partial charge in [0.2, 0.25) is 0 Å². The Morgan fingerprint density at radius 1 is 1.05 bits per heavy atom. The maximum Gasteiger partial charge on any atom is 0.257 e. The van der Waals surface area contributed by atoms with E-state index in [1.165, 1.54) is 9.75 Å². The summed E-state index contributed by atoms with van der Waals surface area (Å²) < 4.78 is 13.9. The maximum atomic E-state index is 13.6. The van der Waals surface area contributed by atoms with Gasteiger partial charge in [0.25, 0.3) is 5.91 Å². The molecule has 0 saturated carbocycles. The highest BCUT2D eigenvalue weighted by Gasteiger charge is 2.30. The van der Waals surface area contributed by atoms with E-state index in [2.05, 4.69) is 41.1 Å². The minimum absolute atomic E-state index is 0.0907. The number of nitrogens with one attached hydrogen (secondary N) is 1. The molecular formula is C29H26N2O4S2. The van der Waals surface area contributed by atoms with E-state index in [1.807, 2.05) is 43.3 Å². The van der Waals surface area contributed by atoms with E-state index in [-0.39, 0.29) is 34.8 Å². The first-order chi connectivity index (χ1) is 18.0. The molecule has 4 aromatic rings. The molecule has 2 aliphatic rings. The van der Waals surface area contributed by atoms with E-state index in [4.69, 9.17) is 9.47 Å². The fourth-order valence-electron chi connectivity index (χ4n) is 4.92. The smallest absolute Gasteiger partial charge is 0.257 e. The second-order valence-electron chi connectivity index (χ2n) is 9.24. The molecule has 2 atom stereocenters. The molecule has 1 amide bonds. The van der Waals surface area contributed by atoms with E-state index < -0.39 is 0 Å². The van der Waals surface area contributed by atoms with Crippen LogP contribution in [0.3, 0.4) is 0 Å². The molecular weight excluding hydrogens is 504 g/mol. The summed E-state index contributed by atoms with van der Waals surface area (Å²) in [7, 11) is 0. The highest BCUT2D eigenvalue weighted by molar-refractivity contribution is 7.99. The molecule has 4 heterocycles. The predicted octanol–water partition coefficient (Wildman–Crippen LogP) is 5.48. The molecule has 2 aromatic carbocycles. The van der Waals surface area contributed by atoms with Gasteiger partial charge in [-0.1, -0.05) is 24.3 Å². The topological polar surface area (TPSA) is 69.6 Å². The van der Waals surface area contributed by atoms with Gasteiger partial charge in [-0.2, -0.15) is 0 Å². The van der Waals surface area contributed by atoms with E-state index in [9.17, 15) is 9.59 Å². The van der Waals surface area contributed by atoms with Crippen molar-refractivity contribution in [3.8, 4) is 17.2 Å². The third kappa shape index (κ3) is 4.55. The van der Waals surface area contributed by atoms with Gasteiger partial charge in [-0.15, -0.1) is 23.1 Å². The van der Waals surface area contributed by atoms with E-state index in [0.29, 0.717) is 24.5 Å². The SMILES string of the molecule is Cc1ccc([C@@H]2Cc3c(C(=O)NC[C@@H]4COc5ccccc5O4)c(=O)cc(C)n3-c3ccccc3S2)s1. The molecule has 6 nitrogen and oxygen atoms in total. The van der Waals surface area contributed by atoms with Gasteiger partial charge >= 0.3 is 0 Å². The first-order valence-electron chi connectivity index (χ1n) is 12.2. The third-order valence-electron chi connectivity index (χ3n) is 6.62. The van der Waals surface area contributed by atoms with Crippen LogP contribution in [0.15, 0.2) is 76.4 Å². The predicted molar refractivity (Wildman–Crippen MR) is 147 cm³/mol. The van der Waals surface area contributed by atoms with Crippen LogP contribution in [0.5, 0.6) is 11.5 Å². The molecule has 0 bridgehead atoms. The highest BCUT2D eigenvalue weighted by Crippen LogP contribution is 2.46. The summed E-state index contributed by atoms with van der Waals surface area (Å²) in [5, 5.41) is 3.04. The molecule has 188 valence electrons. The average Bonchev–Trinajstić information content (AvgIpc) is 3.25. The van der Waals surface area contributed by atoms with Crippen LogP contribution in [0.1, 0.15) is 36.8 Å². The van der Waals surface area contributed by atoms with Crippen LogP contribution in [0.4, 0.5) is 0 Å². The molecule has 8 heteroatoms. The number of carbonyl (C=O) groups is 1. The number of thioether (sulfide) groups is 1. The molecule has 37 heavy (non-hydrogen) atoms. The second-order valence-corrected chi connectivity index (χ2v) is 11.8. The largest absolute Gasteiger partial charge is 0.486 e. The van der Waals surface area contributed by atoms with Gasteiger partial charge in [0.1, 0.15) is 18.3 Å². The number of hydrogen-bond acceptors (Lipinski definition) is 6. The standard InChI is InChI=1S/C29H26N2O4S2/c1-17-13-22(32)28(29(33)30-15-19-16-34-23-8-4-5-9-24(23)35-19)21-14-27(26-12-11-18(2)36-26)37-25-10-6-3-7-20(25)31(17)21/h3-13,19,27H,14-16H2,1-2H3,(H,30,33)/t19-,27+/m1/s1. The van der Waals surface area contributed by atoms with E-state index in [1.54, 1.807) is 29.2 Å². The van der Waals surface area contributed by atoms with Crippen molar-refractivity contribution in [2.45, 2.75) is 36.5 Å². The number of rotatable bonds is 4. The lowest BCUT2D eigenvalue weighted by Gasteiger charge is -2.26. The number of aromatic nitrogens is 1. The number of amides is 1. The maximum absolute atomic E-state index is 13.6. The summed E-state index contributed by atoms with van der Waals surface area (Å²) in [6.45, 7) is 4.58. The van der Waals surface area contributed by atoms with Gasteiger partial charge in [0, 0.05) is 43.8 Å². The molecule has 0 radical (unpaired) electrons. The first kappa shape index (κ1) is 23.9. The number of benzene rings is 2. The lowest BCUT2D eigenvalue weighted by molar-refractivity contribution is 0.0787. The minimum atomic E-state index is -0.387. The summed E-state index contributed by atoms with van der Waals surface area (Å²) in [5.41, 5.74) is 2.47. The van der Waals surface area contributed by atoms with Crippen molar-refractivity contribution in [1.82, 2.24) is 9.88 Å². The van der Waals surface area contributed by atoms with Gasteiger partial charge in [-0.05, 0) is 50.2 Å². The number of hydrogen-bond donors (Lipinski definition) is 1. The fraction of sp³-hybridized carbons (Fsp3) is 0.241. The molecule has 0 unspecified atom stereocenters. The Morgan fingerprint density at radius 3 is 2.65 bits per heavy atom. The Balaban J connectivity index is 1.35. The zero-order chi connectivity index (χ0) is 25.5. The minimum Gasteiger partial charge on any atom is -0.486 e. The number of para-hydroxylation sites is 3. The first-order valence-corrected chi connectivity index (χ1v) is 13.9. The highest BCUT2D eigenvalue weighted by atomic mass is 32.2. The van der Waals surface area contributed by atoms with Crippen molar-refractivity contribution in [2.75, 3.05) is 13.2 Å². The van der Waals surface area contributed by atoms with Crippen molar-refractivity contribution in [3.63, 3.8) is 0 Å². The quantitative estimate of drug-likeness (QED) is 0.379. The molecule has 0 saturated heterocycles. The summed E-state index contributed by atoms with van der Waals surface area (Å²) in [6, 6.07) is 21.5. The van der Waals surface area contributed by atoms with Crippen molar-refractivity contribution in [3.05, 3.63) is 104 Å².